The first kappa shape index (κ1) is 12.1. The van der Waals surface area contributed by atoms with Crippen molar-refractivity contribution >= 4 is 17.0 Å². The fourth-order valence-corrected chi connectivity index (χ4v) is 2.32. The van der Waals surface area contributed by atoms with Crippen LogP contribution in [0.2, 0.25) is 0 Å². The van der Waals surface area contributed by atoms with Gasteiger partial charge in [0.15, 0.2) is 0 Å². The van der Waals surface area contributed by atoms with Crippen LogP contribution < -0.4 is 11.1 Å². The number of aryl methyl sites for hydroxylation is 1. The molecule has 0 radical (unpaired) electrons. The molecule has 0 fully saturated rings. The van der Waals surface area contributed by atoms with Gasteiger partial charge in [-0.15, -0.1) is 11.3 Å². The molecule has 0 spiro atoms. The molecule has 0 aliphatic rings. The highest BCUT2D eigenvalue weighted by Gasteiger charge is 2.07. The molecule has 1 aromatic carbocycles. The Labute approximate surface area is 106 Å². The fraction of sp³-hybridized carbons (Fsp3) is 0.308. The first-order valence-corrected chi connectivity index (χ1v) is 6.52. The van der Waals surface area contributed by atoms with Crippen molar-refractivity contribution in [1.82, 2.24) is 10.3 Å². The van der Waals surface area contributed by atoms with Crippen molar-refractivity contribution in [2.24, 2.45) is 0 Å². The highest BCUT2D eigenvalue weighted by atomic mass is 32.1. The molecule has 90 valence electrons. The third kappa shape index (κ3) is 3.05. The Kier molecular flexibility index (Phi) is 3.76. The molecule has 0 aliphatic heterocycles. The predicted octanol–water partition coefficient (Wildman–Crippen LogP) is 2.88. The van der Waals surface area contributed by atoms with Crippen LogP contribution in [-0.4, -0.2) is 4.98 Å². The molecule has 1 unspecified atom stereocenters. The van der Waals surface area contributed by atoms with E-state index in [2.05, 4.69) is 29.4 Å². The van der Waals surface area contributed by atoms with Crippen molar-refractivity contribution in [2.75, 3.05) is 5.73 Å². The van der Waals surface area contributed by atoms with Crippen molar-refractivity contribution in [2.45, 2.75) is 26.4 Å². The summed E-state index contributed by atoms with van der Waals surface area (Å²) in [5, 5.41) is 6.58. The Morgan fingerprint density at radius 2 is 2.29 bits per heavy atom. The van der Waals surface area contributed by atoms with E-state index in [1.165, 1.54) is 5.56 Å². The van der Waals surface area contributed by atoms with Crippen LogP contribution in [0.25, 0.3) is 0 Å². The lowest BCUT2D eigenvalue weighted by atomic mass is 10.1. The van der Waals surface area contributed by atoms with Crippen molar-refractivity contribution in [3.05, 3.63) is 45.9 Å². The average molecular weight is 247 g/mol. The molecule has 0 bridgehead atoms. The van der Waals surface area contributed by atoms with E-state index >= 15 is 0 Å². The first-order chi connectivity index (χ1) is 8.16. The quantitative estimate of drug-likeness (QED) is 0.817. The summed E-state index contributed by atoms with van der Waals surface area (Å²) in [6, 6.07) is 6.43. The molecule has 1 aromatic heterocycles. The van der Waals surface area contributed by atoms with Crippen LogP contribution in [0.15, 0.2) is 29.8 Å². The zero-order valence-corrected chi connectivity index (χ0v) is 10.9. The smallest absolute Gasteiger partial charge is 0.109 e. The molecule has 0 amide bonds. The van der Waals surface area contributed by atoms with Crippen LogP contribution in [-0.2, 0) is 6.54 Å². The second-order valence-electron chi connectivity index (χ2n) is 4.16. The van der Waals surface area contributed by atoms with E-state index in [-0.39, 0.29) is 6.04 Å². The van der Waals surface area contributed by atoms with E-state index in [4.69, 9.17) is 5.73 Å². The van der Waals surface area contributed by atoms with Crippen LogP contribution in [0, 0.1) is 6.92 Å². The number of hydrogen-bond donors (Lipinski definition) is 2. The standard InChI is InChI=1S/C13H17N3S/c1-9-7-11(3-4-12(9)14)8-16-10(2)13-15-5-6-17-13/h3-7,10,16H,8,14H2,1-2H3. The number of benzene rings is 1. The molecule has 0 aliphatic carbocycles. The lowest BCUT2D eigenvalue weighted by Crippen LogP contribution is -2.17. The topological polar surface area (TPSA) is 50.9 Å². The summed E-state index contributed by atoms with van der Waals surface area (Å²) in [6.45, 7) is 4.99. The molecule has 0 saturated carbocycles. The second kappa shape index (κ2) is 5.29. The summed E-state index contributed by atoms with van der Waals surface area (Å²) in [6.07, 6.45) is 1.84. The number of anilines is 1. The summed E-state index contributed by atoms with van der Waals surface area (Å²) in [4.78, 5) is 4.30. The van der Waals surface area contributed by atoms with E-state index in [0.29, 0.717) is 0 Å². The van der Waals surface area contributed by atoms with E-state index in [1.54, 1.807) is 11.3 Å². The SMILES string of the molecule is Cc1cc(CNC(C)c2nccs2)ccc1N. The van der Waals surface area contributed by atoms with E-state index in [0.717, 1.165) is 22.8 Å². The molecule has 3 nitrogen and oxygen atoms in total. The summed E-state index contributed by atoms with van der Waals surface area (Å²) in [5.41, 5.74) is 9.02. The summed E-state index contributed by atoms with van der Waals surface area (Å²) in [5.74, 6) is 0. The Balaban J connectivity index is 1.96. The monoisotopic (exact) mass is 247 g/mol. The summed E-state index contributed by atoms with van der Waals surface area (Å²) in [7, 11) is 0. The van der Waals surface area contributed by atoms with Gasteiger partial charge in [0.25, 0.3) is 0 Å². The number of aromatic nitrogens is 1. The Morgan fingerprint density at radius 3 is 2.94 bits per heavy atom. The van der Waals surface area contributed by atoms with Gasteiger partial charge in [-0.25, -0.2) is 4.98 Å². The van der Waals surface area contributed by atoms with E-state index in [9.17, 15) is 0 Å². The van der Waals surface area contributed by atoms with Gasteiger partial charge >= 0.3 is 0 Å². The zero-order chi connectivity index (χ0) is 12.3. The first-order valence-electron chi connectivity index (χ1n) is 5.64. The minimum atomic E-state index is 0.285. The van der Waals surface area contributed by atoms with Crippen molar-refractivity contribution in [3.63, 3.8) is 0 Å². The molecule has 17 heavy (non-hydrogen) atoms. The third-order valence-corrected chi connectivity index (χ3v) is 3.73. The Bertz CT molecular complexity index is 479. The van der Waals surface area contributed by atoms with Crippen molar-refractivity contribution < 1.29 is 0 Å². The lowest BCUT2D eigenvalue weighted by Gasteiger charge is -2.12. The maximum absolute atomic E-state index is 5.79. The van der Waals surface area contributed by atoms with Gasteiger partial charge < -0.3 is 11.1 Å². The molecule has 1 atom stereocenters. The maximum atomic E-state index is 5.79. The number of thiazole rings is 1. The third-order valence-electron chi connectivity index (χ3n) is 2.77. The highest BCUT2D eigenvalue weighted by molar-refractivity contribution is 7.09. The lowest BCUT2D eigenvalue weighted by molar-refractivity contribution is 0.572. The van der Waals surface area contributed by atoms with Gasteiger partial charge in [0, 0.05) is 23.8 Å². The van der Waals surface area contributed by atoms with Crippen LogP contribution in [0.3, 0.4) is 0 Å². The van der Waals surface area contributed by atoms with Gasteiger partial charge in [-0.05, 0) is 31.0 Å². The van der Waals surface area contributed by atoms with Gasteiger partial charge in [0.1, 0.15) is 5.01 Å². The van der Waals surface area contributed by atoms with Crippen molar-refractivity contribution in [1.29, 1.82) is 0 Å². The molecule has 1 heterocycles. The number of nitrogen functional groups attached to an aromatic ring is 1. The van der Waals surface area contributed by atoms with Gasteiger partial charge in [-0.3, -0.25) is 0 Å². The molecule has 4 heteroatoms. The molecule has 2 aromatic rings. The van der Waals surface area contributed by atoms with Crippen LogP contribution in [0.1, 0.15) is 29.1 Å². The minimum absolute atomic E-state index is 0.285. The van der Waals surface area contributed by atoms with Gasteiger partial charge in [-0.2, -0.15) is 0 Å². The minimum Gasteiger partial charge on any atom is -0.399 e. The maximum Gasteiger partial charge on any atom is 0.109 e. The number of nitrogens with one attached hydrogen (secondary N) is 1. The second-order valence-corrected chi connectivity index (χ2v) is 5.09. The largest absolute Gasteiger partial charge is 0.399 e. The van der Waals surface area contributed by atoms with Crippen molar-refractivity contribution in [3.8, 4) is 0 Å². The summed E-state index contributed by atoms with van der Waals surface area (Å²) >= 11 is 1.68. The van der Waals surface area contributed by atoms with Crippen LogP contribution in [0.5, 0.6) is 0 Å². The predicted molar refractivity (Wildman–Crippen MR) is 73.0 cm³/mol. The van der Waals surface area contributed by atoms with E-state index < -0.39 is 0 Å². The fourth-order valence-electron chi connectivity index (χ4n) is 1.65. The number of nitrogens with two attached hydrogens (primary N) is 1. The molecule has 2 rings (SSSR count). The van der Waals surface area contributed by atoms with Gasteiger partial charge in [0.05, 0.1) is 6.04 Å². The highest BCUT2D eigenvalue weighted by Crippen LogP contribution is 2.17. The normalized spacial score (nSPS) is 12.6. The Morgan fingerprint density at radius 1 is 1.47 bits per heavy atom. The molecular formula is C13H17N3S. The van der Waals surface area contributed by atoms with Crippen LogP contribution >= 0.6 is 11.3 Å². The Hall–Kier alpha value is -1.39. The molecule has 3 N–H and O–H groups in total. The van der Waals surface area contributed by atoms with Crippen LogP contribution in [0.4, 0.5) is 5.69 Å². The number of nitrogens with zero attached hydrogens (tertiary/aromatic N) is 1. The van der Waals surface area contributed by atoms with Gasteiger partial charge in [-0.1, -0.05) is 12.1 Å². The zero-order valence-electron chi connectivity index (χ0n) is 10.1. The number of hydrogen-bond acceptors (Lipinski definition) is 4. The number of rotatable bonds is 4. The average Bonchev–Trinajstić information content (AvgIpc) is 2.84. The summed E-state index contributed by atoms with van der Waals surface area (Å²) < 4.78 is 0. The molecule has 0 saturated heterocycles. The van der Waals surface area contributed by atoms with E-state index in [1.807, 2.05) is 24.6 Å². The van der Waals surface area contributed by atoms with Gasteiger partial charge in [0.2, 0.25) is 0 Å². The molecular weight excluding hydrogens is 230 g/mol.